The van der Waals surface area contributed by atoms with E-state index in [2.05, 4.69) is 5.32 Å². The fourth-order valence-corrected chi connectivity index (χ4v) is 2.30. The Morgan fingerprint density at radius 2 is 1.83 bits per heavy atom. The molecule has 1 aromatic rings. The SMILES string of the molecule is Cc1ccc(CNCC(C(C)C)N(CC(F)(F)F)C(=O)O)cc1. The number of benzene rings is 1. The van der Waals surface area contributed by atoms with Gasteiger partial charge in [0.05, 0.1) is 6.04 Å². The Balaban J connectivity index is 2.68. The van der Waals surface area contributed by atoms with E-state index in [0.29, 0.717) is 11.4 Å². The van der Waals surface area contributed by atoms with Gasteiger partial charge in [0.15, 0.2) is 0 Å². The number of aryl methyl sites for hydroxylation is 1. The lowest BCUT2D eigenvalue weighted by atomic mass is 10.0. The van der Waals surface area contributed by atoms with Crippen molar-refractivity contribution in [2.75, 3.05) is 13.1 Å². The van der Waals surface area contributed by atoms with Gasteiger partial charge in [-0.2, -0.15) is 13.2 Å². The molecule has 1 atom stereocenters. The molecule has 0 bridgehead atoms. The Morgan fingerprint density at radius 3 is 2.26 bits per heavy atom. The first kappa shape index (κ1) is 19.3. The lowest BCUT2D eigenvalue weighted by Crippen LogP contribution is -2.51. The number of amides is 1. The zero-order valence-electron chi connectivity index (χ0n) is 13.5. The maximum atomic E-state index is 12.6. The number of rotatable bonds is 7. The minimum Gasteiger partial charge on any atom is -0.465 e. The summed E-state index contributed by atoms with van der Waals surface area (Å²) in [7, 11) is 0. The summed E-state index contributed by atoms with van der Waals surface area (Å²) in [5.41, 5.74) is 2.12. The van der Waals surface area contributed by atoms with Gasteiger partial charge in [0.25, 0.3) is 0 Å². The van der Waals surface area contributed by atoms with Crippen LogP contribution in [0.4, 0.5) is 18.0 Å². The van der Waals surface area contributed by atoms with Crippen LogP contribution >= 0.6 is 0 Å². The quantitative estimate of drug-likeness (QED) is 0.801. The van der Waals surface area contributed by atoms with Crippen LogP contribution in [0, 0.1) is 12.8 Å². The Labute approximate surface area is 134 Å². The molecule has 2 N–H and O–H groups in total. The van der Waals surface area contributed by atoms with Gasteiger partial charge in [-0.1, -0.05) is 43.7 Å². The molecule has 1 rings (SSSR count). The van der Waals surface area contributed by atoms with Crippen molar-refractivity contribution >= 4 is 6.09 Å². The third-order valence-corrected chi connectivity index (χ3v) is 3.57. The molecule has 0 spiro atoms. The Kier molecular flexibility index (Phi) is 6.87. The topological polar surface area (TPSA) is 52.6 Å². The van der Waals surface area contributed by atoms with Gasteiger partial charge in [0, 0.05) is 13.1 Å². The molecule has 0 aromatic heterocycles. The lowest BCUT2D eigenvalue weighted by molar-refractivity contribution is -0.147. The number of carboxylic acid groups (broad SMARTS) is 1. The molecule has 7 heteroatoms. The summed E-state index contributed by atoms with van der Waals surface area (Å²) in [5.74, 6) is -0.237. The maximum absolute atomic E-state index is 12.6. The normalized spacial score (nSPS) is 13.2. The zero-order chi connectivity index (χ0) is 17.6. The van der Waals surface area contributed by atoms with E-state index in [4.69, 9.17) is 5.11 Å². The summed E-state index contributed by atoms with van der Waals surface area (Å²) in [5, 5.41) is 12.2. The highest BCUT2D eigenvalue weighted by Gasteiger charge is 2.37. The molecule has 4 nitrogen and oxygen atoms in total. The molecular weight excluding hydrogens is 309 g/mol. The van der Waals surface area contributed by atoms with Crippen molar-refractivity contribution in [3.63, 3.8) is 0 Å². The summed E-state index contributed by atoms with van der Waals surface area (Å²) >= 11 is 0. The second kappa shape index (κ2) is 8.19. The van der Waals surface area contributed by atoms with Gasteiger partial charge >= 0.3 is 12.3 Å². The van der Waals surface area contributed by atoms with Crippen LogP contribution in [0.5, 0.6) is 0 Å². The number of alkyl halides is 3. The molecule has 1 aromatic carbocycles. The summed E-state index contributed by atoms with van der Waals surface area (Å²) in [6, 6.07) is 7.00. The predicted octanol–water partition coefficient (Wildman–Crippen LogP) is 3.65. The molecular formula is C16H23F3N2O2. The molecule has 0 heterocycles. The highest BCUT2D eigenvalue weighted by Crippen LogP contribution is 2.21. The van der Waals surface area contributed by atoms with Gasteiger partial charge in [0.1, 0.15) is 6.54 Å². The van der Waals surface area contributed by atoms with Gasteiger partial charge in [0.2, 0.25) is 0 Å². The Bertz CT molecular complexity index is 501. The van der Waals surface area contributed by atoms with Crippen molar-refractivity contribution in [1.29, 1.82) is 0 Å². The first-order valence-electron chi connectivity index (χ1n) is 7.42. The zero-order valence-corrected chi connectivity index (χ0v) is 13.5. The average Bonchev–Trinajstić information content (AvgIpc) is 2.42. The summed E-state index contributed by atoms with van der Waals surface area (Å²) < 4.78 is 37.8. The van der Waals surface area contributed by atoms with E-state index in [1.165, 1.54) is 0 Å². The van der Waals surface area contributed by atoms with E-state index in [-0.39, 0.29) is 12.5 Å². The van der Waals surface area contributed by atoms with Gasteiger partial charge in [-0.25, -0.2) is 4.79 Å². The number of carbonyl (C=O) groups is 1. The van der Waals surface area contributed by atoms with E-state index >= 15 is 0 Å². The Hall–Kier alpha value is -1.76. The van der Waals surface area contributed by atoms with Crippen molar-refractivity contribution in [2.24, 2.45) is 5.92 Å². The van der Waals surface area contributed by atoms with Crippen molar-refractivity contribution in [2.45, 2.75) is 39.5 Å². The molecule has 1 amide bonds. The standard InChI is InChI=1S/C16H23F3N2O2/c1-11(2)14(21(15(22)23)10-16(17,18)19)9-20-8-13-6-4-12(3)5-7-13/h4-7,11,14,20H,8-10H2,1-3H3,(H,22,23). The molecule has 0 aliphatic heterocycles. The number of hydrogen-bond donors (Lipinski definition) is 2. The molecule has 0 saturated carbocycles. The lowest BCUT2D eigenvalue weighted by Gasteiger charge is -2.33. The van der Waals surface area contributed by atoms with E-state index < -0.39 is 24.9 Å². The van der Waals surface area contributed by atoms with Crippen LogP contribution in [0.2, 0.25) is 0 Å². The third kappa shape index (κ3) is 6.90. The van der Waals surface area contributed by atoms with Crippen LogP contribution in [0.1, 0.15) is 25.0 Å². The van der Waals surface area contributed by atoms with Crippen LogP contribution in [0.25, 0.3) is 0 Å². The summed E-state index contributed by atoms with van der Waals surface area (Å²) in [6.07, 6.45) is -6.11. The smallest absolute Gasteiger partial charge is 0.407 e. The third-order valence-electron chi connectivity index (χ3n) is 3.57. The van der Waals surface area contributed by atoms with Crippen molar-refractivity contribution in [1.82, 2.24) is 10.2 Å². The van der Waals surface area contributed by atoms with Crippen molar-refractivity contribution < 1.29 is 23.1 Å². The number of hydrogen-bond acceptors (Lipinski definition) is 2. The molecule has 23 heavy (non-hydrogen) atoms. The molecule has 0 fully saturated rings. The van der Waals surface area contributed by atoms with E-state index in [1.807, 2.05) is 31.2 Å². The first-order chi connectivity index (χ1) is 10.6. The highest BCUT2D eigenvalue weighted by molar-refractivity contribution is 5.65. The average molecular weight is 332 g/mol. The largest absolute Gasteiger partial charge is 0.465 e. The van der Waals surface area contributed by atoms with Crippen molar-refractivity contribution in [3.05, 3.63) is 35.4 Å². The highest BCUT2D eigenvalue weighted by atomic mass is 19.4. The monoisotopic (exact) mass is 332 g/mol. The maximum Gasteiger partial charge on any atom is 0.407 e. The molecule has 0 radical (unpaired) electrons. The Morgan fingerprint density at radius 1 is 1.26 bits per heavy atom. The van der Waals surface area contributed by atoms with Gasteiger partial charge in [-0.15, -0.1) is 0 Å². The predicted molar refractivity (Wildman–Crippen MR) is 82.3 cm³/mol. The summed E-state index contributed by atoms with van der Waals surface area (Å²) in [4.78, 5) is 11.7. The van der Waals surface area contributed by atoms with E-state index in [1.54, 1.807) is 13.8 Å². The van der Waals surface area contributed by atoms with E-state index in [9.17, 15) is 18.0 Å². The van der Waals surface area contributed by atoms with Gasteiger partial charge in [-0.3, -0.25) is 4.90 Å². The second-order valence-corrected chi connectivity index (χ2v) is 5.95. The minimum atomic E-state index is -4.55. The van der Waals surface area contributed by atoms with Gasteiger partial charge in [-0.05, 0) is 18.4 Å². The fourth-order valence-electron chi connectivity index (χ4n) is 2.30. The second-order valence-electron chi connectivity index (χ2n) is 5.95. The van der Waals surface area contributed by atoms with Crippen LogP contribution in [-0.2, 0) is 6.54 Å². The number of nitrogens with one attached hydrogen (secondary N) is 1. The van der Waals surface area contributed by atoms with Crippen LogP contribution < -0.4 is 5.32 Å². The number of nitrogens with zero attached hydrogens (tertiary/aromatic N) is 1. The number of halogens is 3. The molecule has 1 unspecified atom stereocenters. The van der Waals surface area contributed by atoms with E-state index in [0.717, 1.165) is 11.1 Å². The molecule has 0 aliphatic rings. The van der Waals surface area contributed by atoms with Crippen LogP contribution in [-0.4, -0.2) is 41.4 Å². The fraction of sp³-hybridized carbons (Fsp3) is 0.562. The van der Waals surface area contributed by atoms with Gasteiger partial charge < -0.3 is 10.4 Å². The first-order valence-corrected chi connectivity index (χ1v) is 7.42. The van der Waals surface area contributed by atoms with Crippen LogP contribution in [0.3, 0.4) is 0 Å². The molecule has 0 aliphatic carbocycles. The van der Waals surface area contributed by atoms with Crippen LogP contribution in [0.15, 0.2) is 24.3 Å². The van der Waals surface area contributed by atoms with Crippen molar-refractivity contribution in [3.8, 4) is 0 Å². The minimum absolute atomic E-state index is 0.161. The molecule has 0 saturated heterocycles. The summed E-state index contributed by atoms with van der Waals surface area (Å²) in [6.45, 7) is 4.57. The molecule has 130 valence electrons.